The third-order valence-electron chi connectivity index (χ3n) is 4.97. The van der Waals surface area contributed by atoms with Crippen LogP contribution in [0.15, 0.2) is 53.0 Å². The van der Waals surface area contributed by atoms with E-state index in [4.69, 9.17) is 11.6 Å². The number of hydrogen-bond acceptors (Lipinski definition) is 2. The second kappa shape index (κ2) is 6.98. The van der Waals surface area contributed by atoms with Crippen LogP contribution in [0.25, 0.3) is 0 Å². The summed E-state index contributed by atoms with van der Waals surface area (Å²) in [6.45, 7) is 3.61. The molecule has 23 heavy (non-hydrogen) atoms. The summed E-state index contributed by atoms with van der Waals surface area (Å²) in [6, 6.07) is 16.8. The van der Waals surface area contributed by atoms with Gasteiger partial charge >= 0.3 is 7.05 Å². The molecule has 120 valence electrons. The predicted octanol–water partition coefficient (Wildman–Crippen LogP) is 4.59. The van der Waals surface area contributed by atoms with Gasteiger partial charge in [0, 0.05) is 14.9 Å². The molecule has 0 aliphatic carbocycles. The number of hydrogen-bond donors (Lipinski definition) is 1. The van der Waals surface area contributed by atoms with E-state index in [0.29, 0.717) is 0 Å². The molecule has 1 aliphatic heterocycles. The minimum atomic E-state index is -0.386. The van der Waals surface area contributed by atoms with Crippen molar-refractivity contribution in [3.63, 3.8) is 0 Å². The standard InChI is InChI=1S/C18H20BBrClNO/c1-19(23)22-12-10-18(11-13-22,14-2-6-16(20)7-3-14)15-4-8-17(21)9-5-15/h2-9,23H,10-13H2,1H3. The van der Waals surface area contributed by atoms with Crippen LogP contribution in [0.1, 0.15) is 24.0 Å². The summed E-state index contributed by atoms with van der Waals surface area (Å²) in [5, 5.41) is 10.6. The molecule has 2 aromatic rings. The first kappa shape index (κ1) is 17.0. The minimum Gasteiger partial charge on any atom is -0.437 e. The number of halogens is 2. The van der Waals surface area contributed by atoms with Gasteiger partial charge in [-0.05, 0) is 68.1 Å². The molecule has 1 heterocycles. The second-order valence-electron chi connectivity index (χ2n) is 6.26. The van der Waals surface area contributed by atoms with Gasteiger partial charge in [-0.3, -0.25) is 0 Å². The Hall–Kier alpha value is -0.805. The first-order valence-corrected chi connectivity index (χ1v) is 9.12. The Morgan fingerprint density at radius 2 is 1.48 bits per heavy atom. The quantitative estimate of drug-likeness (QED) is 0.772. The van der Waals surface area contributed by atoms with E-state index in [1.165, 1.54) is 11.1 Å². The van der Waals surface area contributed by atoms with E-state index in [1.807, 2.05) is 19.0 Å². The Morgan fingerprint density at radius 1 is 1.00 bits per heavy atom. The van der Waals surface area contributed by atoms with E-state index in [0.717, 1.165) is 35.4 Å². The fraction of sp³-hybridized carbons (Fsp3) is 0.333. The molecular formula is C18H20BBrClNO. The molecule has 0 atom stereocenters. The summed E-state index contributed by atoms with van der Waals surface area (Å²) < 4.78 is 1.09. The van der Waals surface area contributed by atoms with E-state index in [9.17, 15) is 5.02 Å². The lowest BCUT2D eigenvalue weighted by Gasteiger charge is -2.43. The maximum Gasteiger partial charge on any atom is 0.376 e. The van der Waals surface area contributed by atoms with Crippen molar-refractivity contribution in [2.24, 2.45) is 0 Å². The van der Waals surface area contributed by atoms with Crippen molar-refractivity contribution in [2.45, 2.75) is 25.1 Å². The molecular weight excluding hydrogens is 372 g/mol. The number of piperidine rings is 1. The van der Waals surface area contributed by atoms with Gasteiger partial charge in [-0.2, -0.15) is 0 Å². The fourth-order valence-electron chi connectivity index (χ4n) is 3.56. The van der Waals surface area contributed by atoms with Gasteiger partial charge < -0.3 is 9.83 Å². The van der Waals surface area contributed by atoms with Crippen molar-refractivity contribution in [2.75, 3.05) is 13.1 Å². The number of nitrogens with zero attached hydrogens (tertiary/aromatic N) is 1. The van der Waals surface area contributed by atoms with Gasteiger partial charge in [0.05, 0.1) is 0 Å². The smallest absolute Gasteiger partial charge is 0.376 e. The van der Waals surface area contributed by atoms with E-state index in [2.05, 4.69) is 57.1 Å². The third kappa shape index (κ3) is 3.51. The van der Waals surface area contributed by atoms with Gasteiger partial charge in [-0.1, -0.05) is 51.8 Å². The average molecular weight is 393 g/mol. The molecule has 1 aliphatic rings. The van der Waals surface area contributed by atoms with Crippen LogP contribution in [0, 0.1) is 0 Å². The first-order chi connectivity index (χ1) is 11.0. The molecule has 0 bridgehead atoms. The Labute approximate surface area is 151 Å². The van der Waals surface area contributed by atoms with Crippen molar-refractivity contribution in [1.29, 1.82) is 0 Å². The van der Waals surface area contributed by atoms with Crippen LogP contribution in [0.3, 0.4) is 0 Å². The molecule has 0 radical (unpaired) electrons. The van der Waals surface area contributed by atoms with Crippen molar-refractivity contribution in [3.05, 3.63) is 69.2 Å². The fourth-order valence-corrected chi connectivity index (χ4v) is 3.95. The zero-order valence-corrected chi connectivity index (χ0v) is 15.5. The van der Waals surface area contributed by atoms with E-state index in [-0.39, 0.29) is 12.5 Å². The Balaban J connectivity index is 2.00. The van der Waals surface area contributed by atoms with Gasteiger partial charge in [0.2, 0.25) is 0 Å². The molecule has 0 spiro atoms. The van der Waals surface area contributed by atoms with Gasteiger partial charge in [-0.25, -0.2) is 0 Å². The Kier molecular flexibility index (Phi) is 5.17. The minimum absolute atomic E-state index is 0.0172. The molecule has 0 saturated carbocycles. The van der Waals surface area contributed by atoms with Crippen molar-refractivity contribution < 1.29 is 5.02 Å². The van der Waals surface area contributed by atoms with Crippen LogP contribution < -0.4 is 0 Å². The summed E-state index contributed by atoms with van der Waals surface area (Å²) in [6.07, 6.45) is 1.97. The van der Waals surface area contributed by atoms with E-state index < -0.39 is 0 Å². The average Bonchev–Trinajstić information content (AvgIpc) is 2.56. The maximum absolute atomic E-state index is 9.86. The van der Waals surface area contributed by atoms with Gasteiger partial charge in [0.1, 0.15) is 0 Å². The van der Waals surface area contributed by atoms with Crippen LogP contribution in [-0.4, -0.2) is 30.0 Å². The molecule has 3 rings (SSSR count). The van der Waals surface area contributed by atoms with Gasteiger partial charge in [0.25, 0.3) is 0 Å². The van der Waals surface area contributed by atoms with Gasteiger partial charge in [0.15, 0.2) is 0 Å². The second-order valence-corrected chi connectivity index (χ2v) is 7.62. The van der Waals surface area contributed by atoms with Crippen LogP contribution in [0.2, 0.25) is 11.8 Å². The van der Waals surface area contributed by atoms with E-state index >= 15 is 0 Å². The third-order valence-corrected chi connectivity index (χ3v) is 5.75. The predicted molar refractivity (Wildman–Crippen MR) is 101 cm³/mol. The SMILES string of the molecule is CB(O)N1CCC(c2ccc(Cl)cc2)(c2ccc(Br)cc2)CC1. The molecule has 1 fully saturated rings. The topological polar surface area (TPSA) is 23.5 Å². The van der Waals surface area contributed by atoms with Crippen LogP contribution >= 0.6 is 27.5 Å². The molecule has 0 aromatic heterocycles. The lowest BCUT2D eigenvalue weighted by atomic mass is 9.66. The summed E-state index contributed by atoms with van der Waals surface area (Å²) in [5.41, 5.74) is 2.61. The summed E-state index contributed by atoms with van der Waals surface area (Å²) >= 11 is 9.60. The molecule has 1 saturated heterocycles. The van der Waals surface area contributed by atoms with Crippen molar-refractivity contribution in [1.82, 2.24) is 4.81 Å². The first-order valence-electron chi connectivity index (χ1n) is 7.95. The lowest BCUT2D eigenvalue weighted by molar-refractivity contribution is 0.243. The normalized spacial score (nSPS) is 17.9. The highest BCUT2D eigenvalue weighted by molar-refractivity contribution is 9.10. The van der Waals surface area contributed by atoms with Crippen molar-refractivity contribution >= 4 is 34.6 Å². The van der Waals surface area contributed by atoms with Gasteiger partial charge in [-0.15, -0.1) is 0 Å². The largest absolute Gasteiger partial charge is 0.437 e. The highest BCUT2D eigenvalue weighted by atomic mass is 79.9. The molecule has 2 nitrogen and oxygen atoms in total. The summed E-state index contributed by atoms with van der Waals surface area (Å²) in [5.74, 6) is 0. The zero-order valence-electron chi connectivity index (χ0n) is 13.2. The highest BCUT2D eigenvalue weighted by Gasteiger charge is 2.39. The van der Waals surface area contributed by atoms with Crippen molar-refractivity contribution in [3.8, 4) is 0 Å². The van der Waals surface area contributed by atoms with E-state index in [1.54, 1.807) is 0 Å². The molecule has 0 unspecified atom stereocenters. The Morgan fingerprint density at radius 3 is 1.96 bits per heavy atom. The molecule has 2 aromatic carbocycles. The van der Waals surface area contributed by atoms with Crippen LogP contribution in [0.5, 0.6) is 0 Å². The summed E-state index contributed by atoms with van der Waals surface area (Å²) in [4.78, 5) is 2.13. The molecule has 1 N–H and O–H groups in total. The van der Waals surface area contributed by atoms with Crippen LogP contribution in [0.4, 0.5) is 0 Å². The number of benzene rings is 2. The Bertz CT molecular complexity index is 604. The molecule has 5 heteroatoms. The highest BCUT2D eigenvalue weighted by Crippen LogP contribution is 2.42. The van der Waals surface area contributed by atoms with Crippen LogP contribution in [-0.2, 0) is 5.41 Å². The summed E-state index contributed by atoms with van der Waals surface area (Å²) in [7, 11) is -0.386. The number of rotatable bonds is 3. The zero-order chi connectivity index (χ0) is 16.4. The lowest BCUT2D eigenvalue weighted by Crippen LogP contribution is -2.48. The maximum atomic E-state index is 9.86. The monoisotopic (exact) mass is 391 g/mol. The molecule has 0 amide bonds.